The quantitative estimate of drug-likeness (QED) is 0.546. The Balaban J connectivity index is 2.07. The van der Waals surface area contributed by atoms with E-state index in [1.807, 2.05) is 44.2 Å². The van der Waals surface area contributed by atoms with Crippen molar-refractivity contribution in [3.63, 3.8) is 0 Å². The Kier molecular flexibility index (Phi) is 6.37. The lowest BCUT2D eigenvalue weighted by Gasteiger charge is -2.16. The van der Waals surface area contributed by atoms with Crippen molar-refractivity contribution in [2.45, 2.75) is 53.0 Å². The zero-order valence-electron chi connectivity index (χ0n) is 17.3. The normalized spacial score (nSPS) is 11.0. The molecule has 5 nitrogen and oxygen atoms in total. The molecule has 1 amide bonds. The number of hydrogen-bond donors (Lipinski definition) is 2. The molecule has 29 heavy (non-hydrogen) atoms. The van der Waals surface area contributed by atoms with Gasteiger partial charge in [-0.2, -0.15) is 0 Å². The van der Waals surface area contributed by atoms with E-state index in [2.05, 4.69) is 12.2 Å². The van der Waals surface area contributed by atoms with Crippen LogP contribution >= 0.6 is 0 Å². The zero-order chi connectivity index (χ0) is 21.0. The number of amides is 1. The average Bonchev–Trinajstić information content (AvgIpc) is 2.70. The Hall–Kier alpha value is -3.08. The molecule has 0 aliphatic rings. The molecule has 1 heterocycles. The molecule has 0 aliphatic heterocycles. The summed E-state index contributed by atoms with van der Waals surface area (Å²) >= 11 is 0. The van der Waals surface area contributed by atoms with Crippen molar-refractivity contribution in [1.82, 2.24) is 4.57 Å². The third kappa shape index (κ3) is 4.19. The number of rotatable bonds is 7. The number of aromatic hydroxyl groups is 1. The van der Waals surface area contributed by atoms with E-state index in [0.29, 0.717) is 23.1 Å². The molecule has 3 rings (SSSR count). The van der Waals surface area contributed by atoms with Gasteiger partial charge in [-0.15, -0.1) is 0 Å². The van der Waals surface area contributed by atoms with Crippen LogP contribution in [0.3, 0.4) is 0 Å². The van der Waals surface area contributed by atoms with E-state index in [-0.39, 0.29) is 11.3 Å². The number of carbonyl (C=O) groups excluding carboxylic acids is 1. The molecule has 2 N–H and O–H groups in total. The molecule has 3 aromatic rings. The minimum absolute atomic E-state index is 0.207. The molecule has 1 aromatic heterocycles. The minimum atomic E-state index is -0.585. The van der Waals surface area contributed by atoms with Gasteiger partial charge in [-0.05, 0) is 43.5 Å². The second kappa shape index (κ2) is 8.95. The summed E-state index contributed by atoms with van der Waals surface area (Å²) in [4.78, 5) is 26.3. The second-order valence-electron chi connectivity index (χ2n) is 7.48. The van der Waals surface area contributed by atoms with E-state index in [9.17, 15) is 14.7 Å². The summed E-state index contributed by atoms with van der Waals surface area (Å²) in [5.74, 6) is -0.850. The van der Waals surface area contributed by atoms with Crippen LogP contribution in [0.4, 0.5) is 5.69 Å². The first-order valence-electron chi connectivity index (χ1n) is 10.2. The van der Waals surface area contributed by atoms with Gasteiger partial charge in [-0.1, -0.05) is 56.5 Å². The number of unbranched alkanes of at least 4 members (excludes halogenated alkanes) is 3. The fourth-order valence-corrected chi connectivity index (χ4v) is 3.70. The number of nitrogens with zero attached hydrogens (tertiary/aromatic N) is 1. The molecular weight excluding hydrogens is 364 g/mol. The van der Waals surface area contributed by atoms with Crippen molar-refractivity contribution in [1.29, 1.82) is 0 Å². The summed E-state index contributed by atoms with van der Waals surface area (Å²) < 4.78 is 1.62. The summed E-state index contributed by atoms with van der Waals surface area (Å²) in [6.45, 7) is 6.45. The van der Waals surface area contributed by atoms with Gasteiger partial charge in [0, 0.05) is 17.6 Å². The third-order valence-corrected chi connectivity index (χ3v) is 5.33. The van der Waals surface area contributed by atoms with Crippen LogP contribution in [-0.2, 0) is 6.54 Å². The van der Waals surface area contributed by atoms with E-state index in [4.69, 9.17) is 0 Å². The Morgan fingerprint density at radius 2 is 1.69 bits per heavy atom. The molecule has 0 atom stereocenters. The topological polar surface area (TPSA) is 71.3 Å². The van der Waals surface area contributed by atoms with Gasteiger partial charge >= 0.3 is 0 Å². The van der Waals surface area contributed by atoms with Crippen LogP contribution in [-0.4, -0.2) is 15.6 Å². The van der Waals surface area contributed by atoms with Crippen LogP contribution in [0, 0.1) is 13.8 Å². The van der Waals surface area contributed by atoms with Crippen molar-refractivity contribution in [2.75, 3.05) is 5.32 Å². The van der Waals surface area contributed by atoms with Crippen LogP contribution < -0.4 is 10.9 Å². The Morgan fingerprint density at radius 3 is 2.38 bits per heavy atom. The third-order valence-electron chi connectivity index (χ3n) is 5.33. The highest BCUT2D eigenvalue weighted by Crippen LogP contribution is 2.28. The highest BCUT2D eigenvalue weighted by molar-refractivity contribution is 6.09. The first-order valence-corrected chi connectivity index (χ1v) is 10.2. The molecule has 152 valence electrons. The monoisotopic (exact) mass is 392 g/mol. The standard InChI is InChI=1S/C24H28N2O3/c1-4-5-6-9-15-26-19-14-8-7-13-18(19)22(27)20(24(26)29)23(28)25-21-16(2)11-10-12-17(21)3/h7-8,10-14,27H,4-6,9,15H2,1-3H3,(H,25,28). The number of fused-ring (bicyclic) bond motifs is 1. The molecule has 0 bridgehead atoms. The molecule has 5 heteroatoms. The number of pyridine rings is 1. The summed E-state index contributed by atoms with van der Waals surface area (Å²) in [6.07, 6.45) is 4.07. The number of hydrogen-bond acceptors (Lipinski definition) is 3. The van der Waals surface area contributed by atoms with Crippen molar-refractivity contribution >= 4 is 22.5 Å². The highest BCUT2D eigenvalue weighted by Gasteiger charge is 2.23. The first kappa shape index (κ1) is 20.6. The molecule has 0 aliphatic carbocycles. The van der Waals surface area contributed by atoms with Crippen LogP contribution in [0.15, 0.2) is 47.3 Å². The number of carbonyl (C=O) groups is 1. The number of para-hydroxylation sites is 2. The van der Waals surface area contributed by atoms with Crippen LogP contribution in [0.25, 0.3) is 10.9 Å². The number of nitrogens with one attached hydrogen (secondary N) is 1. The van der Waals surface area contributed by atoms with Gasteiger partial charge < -0.3 is 15.0 Å². The number of benzene rings is 2. The molecule has 0 fully saturated rings. The molecule has 0 spiro atoms. The van der Waals surface area contributed by atoms with Crippen LogP contribution in [0.5, 0.6) is 5.75 Å². The van der Waals surface area contributed by atoms with E-state index >= 15 is 0 Å². The molecule has 0 radical (unpaired) electrons. The SMILES string of the molecule is CCCCCCn1c(=O)c(C(=O)Nc2c(C)cccc2C)c(O)c2ccccc21. The van der Waals surface area contributed by atoms with E-state index in [1.54, 1.807) is 16.7 Å². The van der Waals surface area contributed by atoms with Gasteiger partial charge in [0.25, 0.3) is 11.5 Å². The molecule has 2 aromatic carbocycles. The lowest BCUT2D eigenvalue weighted by Crippen LogP contribution is -2.30. The van der Waals surface area contributed by atoms with Gasteiger partial charge in [0.05, 0.1) is 5.52 Å². The lowest BCUT2D eigenvalue weighted by molar-refractivity contribution is 0.102. The fourth-order valence-electron chi connectivity index (χ4n) is 3.70. The van der Waals surface area contributed by atoms with Gasteiger partial charge in [-0.25, -0.2) is 0 Å². The number of aromatic nitrogens is 1. The van der Waals surface area contributed by atoms with Crippen molar-refractivity contribution in [3.05, 3.63) is 69.5 Å². The second-order valence-corrected chi connectivity index (χ2v) is 7.48. The predicted octanol–water partition coefficient (Wildman–Crippen LogP) is 5.16. The van der Waals surface area contributed by atoms with Crippen LogP contribution in [0.2, 0.25) is 0 Å². The van der Waals surface area contributed by atoms with Gasteiger partial charge in [0.1, 0.15) is 11.3 Å². The van der Waals surface area contributed by atoms with Gasteiger partial charge in [0.15, 0.2) is 0 Å². The average molecular weight is 392 g/mol. The van der Waals surface area contributed by atoms with Gasteiger partial charge in [-0.3, -0.25) is 9.59 Å². The molecule has 0 saturated heterocycles. The van der Waals surface area contributed by atoms with Crippen molar-refractivity contribution < 1.29 is 9.90 Å². The zero-order valence-corrected chi connectivity index (χ0v) is 17.3. The van der Waals surface area contributed by atoms with Gasteiger partial charge in [0.2, 0.25) is 0 Å². The number of aryl methyl sites for hydroxylation is 3. The Morgan fingerprint density at radius 1 is 1.00 bits per heavy atom. The van der Waals surface area contributed by atoms with E-state index in [0.717, 1.165) is 36.8 Å². The highest BCUT2D eigenvalue weighted by atomic mass is 16.3. The largest absolute Gasteiger partial charge is 0.506 e. The maximum atomic E-state index is 13.2. The Bertz CT molecular complexity index is 1080. The summed E-state index contributed by atoms with van der Waals surface area (Å²) in [5, 5.41) is 14.1. The van der Waals surface area contributed by atoms with Crippen LogP contribution in [0.1, 0.15) is 54.1 Å². The Labute approximate surface area is 171 Å². The van der Waals surface area contributed by atoms with E-state index < -0.39 is 11.5 Å². The molecular formula is C24H28N2O3. The predicted molar refractivity (Wildman–Crippen MR) is 118 cm³/mol. The maximum Gasteiger partial charge on any atom is 0.267 e. The fraction of sp³-hybridized carbons (Fsp3) is 0.333. The summed E-state index contributed by atoms with van der Waals surface area (Å²) in [5.41, 5.74) is 2.45. The van der Waals surface area contributed by atoms with Crippen molar-refractivity contribution in [3.8, 4) is 5.75 Å². The lowest BCUT2D eigenvalue weighted by atomic mass is 10.1. The summed E-state index contributed by atoms with van der Waals surface area (Å²) in [7, 11) is 0. The maximum absolute atomic E-state index is 13.2. The first-order chi connectivity index (χ1) is 14.0. The smallest absolute Gasteiger partial charge is 0.267 e. The summed E-state index contributed by atoms with van der Waals surface area (Å²) in [6, 6.07) is 12.9. The van der Waals surface area contributed by atoms with E-state index in [1.165, 1.54) is 0 Å². The number of anilines is 1. The molecule has 0 saturated carbocycles. The molecule has 0 unspecified atom stereocenters. The van der Waals surface area contributed by atoms with Crippen molar-refractivity contribution in [2.24, 2.45) is 0 Å². The minimum Gasteiger partial charge on any atom is -0.506 e.